The fourth-order valence-electron chi connectivity index (χ4n) is 2.06. The van der Waals surface area contributed by atoms with Crippen LogP contribution in [0.25, 0.3) is 0 Å². The topological polar surface area (TPSA) is 127 Å². The molecule has 1 heterocycles. The number of nitro groups is 1. The largest absolute Gasteiger partial charge is 0.341 e. The Morgan fingerprint density at radius 2 is 2.00 bits per heavy atom. The Morgan fingerprint density at radius 3 is 2.65 bits per heavy atom. The van der Waals surface area contributed by atoms with Crippen LogP contribution in [0.1, 0.15) is 36.1 Å². The van der Waals surface area contributed by atoms with Crippen molar-refractivity contribution in [1.82, 2.24) is 15.5 Å². The third kappa shape index (κ3) is 5.31. The van der Waals surface area contributed by atoms with Crippen molar-refractivity contribution in [3.05, 3.63) is 45.0 Å². The van der Waals surface area contributed by atoms with E-state index >= 15 is 0 Å². The van der Waals surface area contributed by atoms with E-state index in [1.54, 1.807) is 0 Å². The second kappa shape index (κ2) is 8.48. The number of nitro benzene ring substituents is 1. The highest BCUT2D eigenvalue weighted by Gasteiger charge is 2.19. The Kier molecular flexibility index (Phi) is 6.34. The summed E-state index contributed by atoms with van der Waals surface area (Å²) in [6.07, 6.45) is 0.770. The van der Waals surface area contributed by atoms with E-state index in [1.165, 1.54) is 36.5 Å². The minimum atomic E-state index is -0.848. The van der Waals surface area contributed by atoms with Crippen molar-refractivity contribution >= 4 is 34.0 Å². The van der Waals surface area contributed by atoms with Crippen LogP contribution < -0.4 is 10.6 Å². The number of rotatable bonds is 7. The summed E-state index contributed by atoms with van der Waals surface area (Å²) < 4.78 is 0. The summed E-state index contributed by atoms with van der Waals surface area (Å²) in [5, 5.41) is 25.0. The Hall–Kier alpha value is -2.88. The molecule has 10 heteroatoms. The van der Waals surface area contributed by atoms with Crippen molar-refractivity contribution in [2.45, 2.75) is 33.2 Å². The van der Waals surface area contributed by atoms with E-state index in [9.17, 15) is 19.7 Å². The smallest absolute Gasteiger partial charge is 0.270 e. The van der Waals surface area contributed by atoms with E-state index in [0.29, 0.717) is 11.0 Å². The van der Waals surface area contributed by atoms with Crippen LogP contribution in [0.2, 0.25) is 0 Å². The maximum absolute atomic E-state index is 12.2. The van der Waals surface area contributed by atoms with Gasteiger partial charge >= 0.3 is 0 Å². The number of anilines is 1. The van der Waals surface area contributed by atoms with Gasteiger partial charge in [0.15, 0.2) is 0 Å². The molecule has 0 fully saturated rings. The van der Waals surface area contributed by atoms with Crippen molar-refractivity contribution < 1.29 is 14.5 Å². The standard InChI is InChI=1S/C16H19N5O4S/c1-9(2)7-13-19-20-16(26-13)18-14(22)10(3)17-15(23)11-5-4-6-12(8-11)21(24)25/h4-6,8-10H,7H2,1-3H3,(H,17,23)(H,18,20,22). The van der Waals surface area contributed by atoms with Gasteiger partial charge in [-0.3, -0.25) is 25.0 Å². The lowest BCUT2D eigenvalue weighted by atomic mass is 10.1. The van der Waals surface area contributed by atoms with Gasteiger partial charge in [0.2, 0.25) is 11.0 Å². The zero-order chi connectivity index (χ0) is 19.3. The van der Waals surface area contributed by atoms with Gasteiger partial charge in [0, 0.05) is 24.1 Å². The monoisotopic (exact) mass is 377 g/mol. The van der Waals surface area contributed by atoms with Crippen molar-refractivity contribution in [3.8, 4) is 0 Å². The van der Waals surface area contributed by atoms with Crippen LogP contribution in [0.5, 0.6) is 0 Å². The second-order valence-electron chi connectivity index (χ2n) is 6.09. The van der Waals surface area contributed by atoms with E-state index in [1.807, 2.05) is 0 Å². The minimum absolute atomic E-state index is 0.106. The van der Waals surface area contributed by atoms with E-state index in [4.69, 9.17) is 0 Å². The van der Waals surface area contributed by atoms with Crippen LogP contribution in [0.15, 0.2) is 24.3 Å². The molecule has 0 spiro atoms. The Morgan fingerprint density at radius 1 is 1.27 bits per heavy atom. The van der Waals surface area contributed by atoms with Gasteiger partial charge in [-0.15, -0.1) is 10.2 Å². The molecule has 138 valence electrons. The molecule has 0 bridgehead atoms. The van der Waals surface area contributed by atoms with E-state index in [0.717, 1.165) is 17.5 Å². The summed E-state index contributed by atoms with van der Waals surface area (Å²) in [4.78, 5) is 34.6. The molecule has 1 aromatic heterocycles. The molecule has 9 nitrogen and oxygen atoms in total. The first-order valence-electron chi connectivity index (χ1n) is 7.95. The molecular weight excluding hydrogens is 358 g/mol. The van der Waals surface area contributed by atoms with Crippen LogP contribution in [0.3, 0.4) is 0 Å². The first-order valence-corrected chi connectivity index (χ1v) is 8.76. The number of non-ortho nitro benzene ring substituents is 1. The zero-order valence-electron chi connectivity index (χ0n) is 14.6. The minimum Gasteiger partial charge on any atom is -0.341 e. The maximum atomic E-state index is 12.2. The first-order chi connectivity index (χ1) is 12.3. The average Bonchev–Trinajstić information content (AvgIpc) is 3.00. The van der Waals surface area contributed by atoms with Crippen LogP contribution in [0, 0.1) is 16.0 Å². The predicted molar refractivity (Wildman–Crippen MR) is 97.1 cm³/mol. The maximum Gasteiger partial charge on any atom is 0.270 e. The van der Waals surface area contributed by atoms with Crippen molar-refractivity contribution in [3.63, 3.8) is 0 Å². The average molecular weight is 377 g/mol. The second-order valence-corrected chi connectivity index (χ2v) is 7.15. The Bertz CT molecular complexity index is 820. The quantitative estimate of drug-likeness (QED) is 0.563. The molecule has 0 saturated carbocycles. The van der Waals surface area contributed by atoms with Crippen LogP contribution in [-0.4, -0.2) is 33.0 Å². The lowest BCUT2D eigenvalue weighted by molar-refractivity contribution is -0.384. The van der Waals surface area contributed by atoms with Gasteiger partial charge in [-0.25, -0.2) is 0 Å². The fourth-order valence-corrected chi connectivity index (χ4v) is 3.01. The van der Waals surface area contributed by atoms with Gasteiger partial charge < -0.3 is 5.32 Å². The highest BCUT2D eigenvalue weighted by atomic mass is 32.1. The summed E-state index contributed by atoms with van der Waals surface area (Å²) in [6.45, 7) is 5.64. The zero-order valence-corrected chi connectivity index (χ0v) is 15.4. The van der Waals surface area contributed by atoms with Crippen molar-refractivity contribution in [2.75, 3.05) is 5.32 Å². The molecule has 1 atom stereocenters. The SMILES string of the molecule is CC(C)Cc1nnc(NC(=O)C(C)NC(=O)c2cccc([N+](=O)[O-])c2)s1. The number of carbonyl (C=O) groups excluding carboxylic acids is 2. The molecule has 0 radical (unpaired) electrons. The highest BCUT2D eigenvalue weighted by Crippen LogP contribution is 2.18. The van der Waals surface area contributed by atoms with Gasteiger partial charge in [0.05, 0.1) is 4.92 Å². The Labute approximate surface area is 154 Å². The van der Waals surface area contributed by atoms with Crippen LogP contribution in [0.4, 0.5) is 10.8 Å². The molecule has 2 aromatic rings. The van der Waals surface area contributed by atoms with Gasteiger partial charge in [0.1, 0.15) is 11.0 Å². The number of hydrogen-bond donors (Lipinski definition) is 2. The summed E-state index contributed by atoms with van der Waals surface area (Å²) in [7, 11) is 0. The molecule has 26 heavy (non-hydrogen) atoms. The van der Waals surface area contributed by atoms with E-state index < -0.39 is 22.8 Å². The van der Waals surface area contributed by atoms with Crippen molar-refractivity contribution in [2.24, 2.45) is 5.92 Å². The number of nitrogens with zero attached hydrogens (tertiary/aromatic N) is 3. The van der Waals surface area contributed by atoms with Gasteiger partial charge in [0.25, 0.3) is 11.6 Å². The molecule has 0 aliphatic rings. The molecule has 2 N–H and O–H groups in total. The third-order valence-electron chi connectivity index (χ3n) is 3.34. The molecule has 2 rings (SSSR count). The number of benzene rings is 1. The molecule has 0 saturated heterocycles. The number of aromatic nitrogens is 2. The van der Waals surface area contributed by atoms with Crippen LogP contribution >= 0.6 is 11.3 Å². The highest BCUT2D eigenvalue weighted by molar-refractivity contribution is 7.15. The molecule has 2 amide bonds. The normalized spacial score (nSPS) is 11.8. The van der Waals surface area contributed by atoms with Gasteiger partial charge in [-0.05, 0) is 18.9 Å². The molecule has 1 aromatic carbocycles. The number of hydrogen-bond acceptors (Lipinski definition) is 7. The van der Waals surface area contributed by atoms with E-state index in [-0.39, 0.29) is 11.3 Å². The number of nitrogens with one attached hydrogen (secondary N) is 2. The van der Waals surface area contributed by atoms with Gasteiger partial charge in [-0.1, -0.05) is 31.3 Å². The van der Waals surface area contributed by atoms with E-state index in [2.05, 4.69) is 34.7 Å². The first kappa shape index (κ1) is 19.4. The third-order valence-corrected chi connectivity index (χ3v) is 4.20. The lowest BCUT2D eigenvalue weighted by Gasteiger charge is -2.12. The van der Waals surface area contributed by atoms with Crippen LogP contribution in [-0.2, 0) is 11.2 Å². The molecular formula is C16H19N5O4S. The summed E-state index contributed by atoms with van der Waals surface area (Å²) in [5.41, 5.74) is -0.0877. The Balaban J connectivity index is 1.96. The lowest BCUT2D eigenvalue weighted by Crippen LogP contribution is -2.41. The summed E-state index contributed by atoms with van der Waals surface area (Å²) in [6, 6.07) is 4.45. The molecule has 0 aliphatic carbocycles. The summed E-state index contributed by atoms with van der Waals surface area (Å²) >= 11 is 1.29. The number of amides is 2. The molecule has 0 aliphatic heterocycles. The predicted octanol–water partition coefficient (Wildman–Crippen LogP) is 2.40. The van der Waals surface area contributed by atoms with Crippen molar-refractivity contribution in [1.29, 1.82) is 0 Å². The summed E-state index contributed by atoms with van der Waals surface area (Å²) in [5.74, 6) is -0.593. The van der Waals surface area contributed by atoms with Gasteiger partial charge in [-0.2, -0.15) is 0 Å². The number of carbonyl (C=O) groups is 2. The molecule has 1 unspecified atom stereocenters. The fraction of sp³-hybridized carbons (Fsp3) is 0.375.